The van der Waals surface area contributed by atoms with Crippen LogP contribution in [-0.2, 0) is 4.74 Å². The normalized spacial score (nSPS) is 14.4. The van der Waals surface area contributed by atoms with E-state index in [4.69, 9.17) is 19.1 Å². The van der Waals surface area contributed by atoms with Gasteiger partial charge in [-0.05, 0) is 12.1 Å². The van der Waals surface area contributed by atoms with Gasteiger partial charge in [0.05, 0.1) is 24.3 Å². The van der Waals surface area contributed by atoms with E-state index < -0.39 is 0 Å². The van der Waals surface area contributed by atoms with Crippen LogP contribution in [0.1, 0.15) is 0 Å². The minimum atomic E-state index is 0.439. The van der Waals surface area contributed by atoms with Crippen LogP contribution >= 0.6 is 0 Å². The van der Waals surface area contributed by atoms with Gasteiger partial charge in [0.15, 0.2) is 11.4 Å². The molecule has 4 aromatic heterocycles. The first-order chi connectivity index (χ1) is 15.3. The molecule has 1 aliphatic heterocycles. The summed E-state index contributed by atoms with van der Waals surface area (Å²) in [6.07, 6.45) is 3.57. The van der Waals surface area contributed by atoms with Crippen LogP contribution in [0.2, 0.25) is 0 Å². The molecule has 9 nitrogen and oxygen atoms in total. The molecule has 0 saturated carbocycles. The number of ether oxygens (including phenoxy) is 1. The molecule has 1 saturated heterocycles. The van der Waals surface area contributed by atoms with Gasteiger partial charge in [-0.25, -0.2) is 15.0 Å². The molecule has 0 atom stereocenters. The zero-order chi connectivity index (χ0) is 20.6. The number of hydrogen-bond donors (Lipinski definition) is 2. The highest BCUT2D eigenvalue weighted by atomic mass is 16.5. The van der Waals surface area contributed by atoms with Crippen molar-refractivity contribution >= 4 is 39.9 Å². The minimum absolute atomic E-state index is 0.439. The summed E-state index contributed by atoms with van der Waals surface area (Å²) in [7, 11) is 0. The molecule has 154 valence electrons. The Bertz CT molecular complexity index is 1360. The van der Waals surface area contributed by atoms with Crippen LogP contribution in [0.5, 0.6) is 0 Å². The molecule has 5 aromatic rings. The summed E-state index contributed by atoms with van der Waals surface area (Å²) >= 11 is 0. The largest absolute Gasteiger partial charge is 0.432 e. The standard InChI is InChI=1S/C22H19N7O2/c1-2-5-14(6-3-1)16-13-24-21(25-16)28-22-26-17-15-7-4-8-23-20(15)31-18(17)19(27-22)29-9-11-30-12-10-29/h1-8,13H,9-12H2,(H2,24,25,26,27,28). The average Bonchev–Trinajstić information content (AvgIpc) is 3.45. The number of aromatic amines is 1. The Hall–Kier alpha value is -3.98. The Morgan fingerprint density at radius 1 is 0.968 bits per heavy atom. The number of morpholine rings is 1. The molecule has 0 bridgehead atoms. The number of anilines is 3. The lowest BCUT2D eigenvalue weighted by Gasteiger charge is -2.27. The van der Waals surface area contributed by atoms with Gasteiger partial charge in [-0.3, -0.25) is 5.32 Å². The third-order valence-corrected chi connectivity index (χ3v) is 5.26. The number of nitrogens with one attached hydrogen (secondary N) is 2. The quantitative estimate of drug-likeness (QED) is 0.459. The molecule has 2 N–H and O–H groups in total. The van der Waals surface area contributed by atoms with Crippen LogP contribution in [0.15, 0.2) is 59.3 Å². The van der Waals surface area contributed by atoms with Gasteiger partial charge in [-0.15, -0.1) is 0 Å². The smallest absolute Gasteiger partial charge is 0.232 e. The first kappa shape index (κ1) is 17.8. The highest BCUT2D eigenvalue weighted by molar-refractivity contribution is 6.05. The molecule has 0 aliphatic carbocycles. The third-order valence-electron chi connectivity index (χ3n) is 5.26. The van der Waals surface area contributed by atoms with Gasteiger partial charge < -0.3 is 19.0 Å². The Labute approximate surface area is 177 Å². The van der Waals surface area contributed by atoms with Gasteiger partial charge in [0.25, 0.3) is 0 Å². The van der Waals surface area contributed by atoms with Gasteiger partial charge >= 0.3 is 0 Å². The van der Waals surface area contributed by atoms with E-state index in [-0.39, 0.29) is 0 Å². The van der Waals surface area contributed by atoms with E-state index in [2.05, 4.69) is 25.2 Å². The summed E-state index contributed by atoms with van der Waals surface area (Å²) in [6.45, 7) is 2.75. The van der Waals surface area contributed by atoms with Crippen molar-refractivity contribution in [1.29, 1.82) is 0 Å². The van der Waals surface area contributed by atoms with Crippen molar-refractivity contribution in [2.24, 2.45) is 0 Å². The number of aromatic nitrogens is 5. The van der Waals surface area contributed by atoms with Crippen molar-refractivity contribution in [3.8, 4) is 11.3 Å². The van der Waals surface area contributed by atoms with E-state index in [1.54, 1.807) is 6.20 Å². The van der Waals surface area contributed by atoms with Crippen LogP contribution < -0.4 is 10.2 Å². The zero-order valence-corrected chi connectivity index (χ0v) is 16.6. The average molecular weight is 413 g/mol. The van der Waals surface area contributed by atoms with Crippen LogP contribution in [0, 0.1) is 0 Å². The fourth-order valence-corrected chi connectivity index (χ4v) is 3.76. The van der Waals surface area contributed by atoms with Crippen LogP contribution in [-0.4, -0.2) is 51.2 Å². The predicted octanol–water partition coefficient (Wildman–Crippen LogP) is 3.74. The number of H-pyrrole nitrogens is 1. The third kappa shape index (κ3) is 3.24. The minimum Gasteiger partial charge on any atom is -0.432 e. The molecule has 0 spiro atoms. The fourth-order valence-electron chi connectivity index (χ4n) is 3.76. The highest BCUT2D eigenvalue weighted by Crippen LogP contribution is 2.33. The summed E-state index contributed by atoms with van der Waals surface area (Å²) in [6, 6.07) is 13.8. The van der Waals surface area contributed by atoms with Crippen molar-refractivity contribution in [3.63, 3.8) is 0 Å². The molecule has 0 unspecified atom stereocenters. The molecular formula is C22H19N7O2. The molecule has 1 fully saturated rings. The molecular weight excluding hydrogens is 394 g/mol. The van der Waals surface area contributed by atoms with Gasteiger partial charge in [0, 0.05) is 31.0 Å². The summed E-state index contributed by atoms with van der Waals surface area (Å²) in [4.78, 5) is 23.8. The molecule has 1 aromatic carbocycles. The van der Waals surface area contributed by atoms with Crippen molar-refractivity contribution in [3.05, 3.63) is 54.9 Å². The second-order valence-electron chi connectivity index (χ2n) is 7.23. The van der Waals surface area contributed by atoms with Gasteiger partial charge in [0.1, 0.15) is 5.52 Å². The topological polar surface area (TPSA) is 105 Å². The summed E-state index contributed by atoms with van der Waals surface area (Å²) in [5.74, 6) is 1.73. The van der Waals surface area contributed by atoms with E-state index in [9.17, 15) is 0 Å². The lowest BCUT2D eigenvalue weighted by atomic mass is 10.2. The van der Waals surface area contributed by atoms with Crippen molar-refractivity contribution < 1.29 is 9.15 Å². The Morgan fingerprint density at radius 2 is 1.84 bits per heavy atom. The van der Waals surface area contributed by atoms with Crippen molar-refractivity contribution in [2.75, 3.05) is 36.5 Å². The zero-order valence-electron chi connectivity index (χ0n) is 16.6. The van der Waals surface area contributed by atoms with Crippen LogP contribution in [0.25, 0.3) is 33.5 Å². The number of hydrogen-bond acceptors (Lipinski definition) is 8. The molecule has 0 radical (unpaired) electrons. The van der Waals surface area contributed by atoms with Gasteiger partial charge in [0.2, 0.25) is 17.6 Å². The molecule has 5 heterocycles. The summed E-state index contributed by atoms with van der Waals surface area (Å²) in [5, 5.41) is 4.06. The van der Waals surface area contributed by atoms with E-state index in [0.29, 0.717) is 36.4 Å². The molecule has 31 heavy (non-hydrogen) atoms. The molecule has 9 heteroatoms. The van der Waals surface area contributed by atoms with E-state index in [1.165, 1.54) is 0 Å². The second-order valence-corrected chi connectivity index (χ2v) is 7.23. The molecule has 6 rings (SSSR count). The Balaban J connectivity index is 1.43. The number of nitrogens with zero attached hydrogens (tertiary/aromatic N) is 5. The number of furan rings is 1. The van der Waals surface area contributed by atoms with E-state index in [1.807, 2.05) is 48.7 Å². The van der Waals surface area contributed by atoms with Crippen LogP contribution in [0.3, 0.4) is 0 Å². The summed E-state index contributed by atoms with van der Waals surface area (Å²) in [5.41, 5.74) is 3.77. The monoisotopic (exact) mass is 413 g/mol. The fraction of sp³-hybridized carbons (Fsp3) is 0.182. The maximum atomic E-state index is 6.03. The number of fused-ring (bicyclic) bond motifs is 3. The first-order valence-corrected chi connectivity index (χ1v) is 10.1. The first-order valence-electron chi connectivity index (χ1n) is 10.1. The highest BCUT2D eigenvalue weighted by Gasteiger charge is 2.22. The van der Waals surface area contributed by atoms with Gasteiger partial charge in [-0.1, -0.05) is 30.3 Å². The second kappa shape index (κ2) is 7.37. The molecule has 1 aliphatic rings. The van der Waals surface area contributed by atoms with E-state index >= 15 is 0 Å². The SMILES string of the molecule is c1ccc(-c2c[nH]c(Nc3nc(N4CCOCC4)c4oc5ncccc5c4n3)n2)cc1. The lowest BCUT2D eigenvalue weighted by molar-refractivity contribution is 0.122. The number of imidazole rings is 1. The van der Waals surface area contributed by atoms with E-state index in [0.717, 1.165) is 41.1 Å². The number of pyridine rings is 1. The lowest BCUT2D eigenvalue weighted by Crippen LogP contribution is -2.37. The number of rotatable bonds is 4. The predicted molar refractivity (Wildman–Crippen MR) is 117 cm³/mol. The Kier molecular flexibility index (Phi) is 4.24. The number of benzene rings is 1. The van der Waals surface area contributed by atoms with Gasteiger partial charge in [-0.2, -0.15) is 4.98 Å². The summed E-state index contributed by atoms with van der Waals surface area (Å²) < 4.78 is 11.5. The van der Waals surface area contributed by atoms with Crippen LogP contribution in [0.4, 0.5) is 17.7 Å². The van der Waals surface area contributed by atoms with Crippen molar-refractivity contribution in [2.45, 2.75) is 0 Å². The molecule has 0 amide bonds. The Morgan fingerprint density at radius 3 is 2.71 bits per heavy atom. The maximum Gasteiger partial charge on any atom is 0.232 e. The maximum absolute atomic E-state index is 6.03. The van der Waals surface area contributed by atoms with Crippen molar-refractivity contribution in [1.82, 2.24) is 24.9 Å².